The first-order valence-electron chi connectivity index (χ1n) is 5.46. The van der Waals surface area contributed by atoms with Gasteiger partial charge in [0.2, 0.25) is 0 Å². The number of nitro groups is 1. The zero-order valence-electron chi connectivity index (χ0n) is 9.79. The summed E-state index contributed by atoms with van der Waals surface area (Å²) in [6.45, 7) is 0. The first kappa shape index (κ1) is 13.0. The third-order valence-electron chi connectivity index (χ3n) is 2.73. The Morgan fingerprint density at radius 2 is 1.89 bits per heavy atom. The molecule has 19 heavy (non-hydrogen) atoms. The van der Waals surface area contributed by atoms with E-state index in [4.69, 9.17) is 5.73 Å². The predicted octanol–water partition coefficient (Wildman–Crippen LogP) is 2.40. The molecule has 5 nitrogen and oxygen atoms in total. The summed E-state index contributed by atoms with van der Waals surface area (Å²) >= 11 is 0. The largest absolute Gasteiger partial charge is 0.396 e. The van der Waals surface area contributed by atoms with Gasteiger partial charge in [0.05, 0.1) is 10.6 Å². The van der Waals surface area contributed by atoms with Gasteiger partial charge in [-0.1, -0.05) is 18.2 Å². The van der Waals surface area contributed by atoms with E-state index in [2.05, 4.69) is 0 Å². The summed E-state index contributed by atoms with van der Waals surface area (Å²) < 4.78 is 13.0. The van der Waals surface area contributed by atoms with Crippen LogP contribution in [0.15, 0.2) is 42.5 Å². The number of nitrogen functional groups attached to an aromatic ring is 1. The van der Waals surface area contributed by atoms with Gasteiger partial charge in [0.25, 0.3) is 5.69 Å². The lowest BCUT2D eigenvalue weighted by Crippen LogP contribution is -2.02. The molecule has 0 aromatic heterocycles. The molecular weight excluding hydrogens is 251 g/mol. The third kappa shape index (κ3) is 2.69. The molecule has 0 aliphatic rings. The molecule has 2 rings (SSSR count). The van der Waals surface area contributed by atoms with E-state index in [0.717, 1.165) is 6.07 Å². The molecule has 1 atom stereocenters. The summed E-state index contributed by atoms with van der Waals surface area (Å²) in [7, 11) is 0. The quantitative estimate of drug-likeness (QED) is 0.505. The van der Waals surface area contributed by atoms with Crippen molar-refractivity contribution in [1.29, 1.82) is 0 Å². The average Bonchev–Trinajstić information content (AvgIpc) is 2.41. The fourth-order valence-electron chi connectivity index (χ4n) is 1.73. The summed E-state index contributed by atoms with van der Waals surface area (Å²) in [4.78, 5) is 10.1. The maximum Gasteiger partial charge on any atom is 0.269 e. The molecule has 6 heteroatoms. The number of hydrogen-bond acceptors (Lipinski definition) is 4. The summed E-state index contributed by atoms with van der Waals surface area (Å²) in [5, 5.41) is 20.8. The van der Waals surface area contributed by atoms with Gasteiger partial charge < -0.3 is 10.8 Å². The van der Waals surface area contributed by atoms with E-state index in [1.54, 1.807) is 6.07 Å². The summed E-state index contributed by atoms with van der Waals surface area (Å²) in [6, 6.07) is 9.46. The van der Waals surface area contributed by atoms with Crippen LogP contribution >= 0.6 is 0 Å². The predicted molar refractivity (Wildman–Crippen MR) is 68.0 cm³/mol. The molecular formula is C13H11FN2O3. The molecule has 0 spiro atoms. The van der Waals surface area contributed by atoms with E-state index >= 15 is 0 Å². The van der Waals surface area contributed by atoms with Crippen LogP contribution in [0.2, 0.25) is 0 Å². The zero-order valence-corrected chi connectivity index (χ0v) is 9.79. The number of nitrogens with zero attached hydrogens (tertiary/aromatic N) is 1. The Labute approximate surface area is 108 Å². The Hall–Kier alpha value is -2.47. The molecule has 0 saturated heterocycles. The zero-order chi connectivity index (χ0) is 14.0. The third-order valence-corrected chi connectivity index (χ3v) is 2.73. The fourth-order valence-corrected chi connectivity index (χ4v) is 1.73. The number of rotatable bonds is 3. The van der Waals surface area contributed by atoms with Crippen molar-refractivity contribution >= 4 is 11.4 Å². The molecule has 0 aliphatic heterocycles. The van der Waals surface area contributed by atoms with Crippen molar-refractivity contribution in [3.8, 4) is 0 Å². The van der Waals surface area contributed by atoms with Crippen molar-refractivity contribution < 1.29 is 14.4 Å². The molecule has 0 bridgehead atoms. The number of anilines is 1. The number of hydrogen-bond donors (Lipinski definition) is 2. The Morgan fingerprint density at radius 3 is 2.53 bits per heavy atom. The maximum absolute atomic E-state index is 13.0. The van der Waals surface area contributed by atoms with Gasteiger partial charge in [0.1, 0.15) is 11.9 Å². The normalized spacial score (nSPS) is 12.1. The highest BCUT2D eigenvalue weighted by molar-refractivity contribution is 5.46. The van der Waals surface area contributed by atoms with Gasteiger partial charge in [-0.3, -0.25) is 10.1 Å². The molecule has 0 aliphatic carbocycles. The molecule has 0 amide bonds. The number of non-ortho nitro benzene ring substituents is 1. The van der Waals surface area contributed by atoms with E-state index in [1.165, 1.54) is 30.3 Å². The molecule has 0 heterocycles. The second kappa shape index (κ2) is 5.03. The van der Waals surface area contributed by atoms with Crippen LogP contribution < -0.4 is 5.73 Å². The van der Waals surface area contributed by atoms with Gasteiger partial charge in [-0.15, -0.1) is 0 Å². The summed E-state index contributed by atoms with van der Waals surface area (Å²) in [5.74, 6) is -0.574. The Bertz CT molecular complexity index is 631. The van der Waals surface area contributed by atoms with E-state index in [9.17, 15) is 19.6 Å². The van der Waals surface area contributed by atoms with E-state index < -0.39 is 16.8 Å². The standard InChI is InChI=1S/C13H11FN2O3/c14-11-5-4-9(7-12(11)15)13(17)8-2-1-3-10(6-8)16(18)19/h1-7,13,17H,15H2. The SMILES string of the molecule is Nc1cc(C(O)c2cccc([N+](=O)[O-])c2)ccc1F. The first-order chi connectivity index (χ1) is 8.99. The van der Waals surface area contributed by atoms with Gasteiger partial charge in [0, 0.05) is 12.1 Å². The Balaban J connectivity index is 2.37. The van der Waals surface area contributed by atoms with E-state index in [1.807, 2.05) is 0 Å². The second-order valence-corrected chi connectivity index (χ2v) is 4.04. The average molecular weight is 262 g/mol. The van der Waals surface area contributed by atoms with Crippen molar-refractivity contribution in [1.82, 2.24) is 0 Å². The van der Waals surface area contributed by atoms with Crippen molar-refractivity contribution in [3.63, 3.8) is 0 Å². The number of halogens is 1. The van der Waals surface area contributed by atoms with Crippen LogP contribution in [0.4, 0.5) is 15.8 Å². The van der Waals surface area contributed by atoms with Crippen molar-refractivity contribution in [2.75, 3.05) is 5.73 Å². The van der Waals surface area contributed by atoms with Crippen molar-refractivity contribution in [2.24, 2.45) is 0 Å². The van der Waals surface area contributed by atoms with E-state index in [0.29, 0.717) is 11.1 Å². The molecule has 0 fully saturated rings. The maximum atomic E-state index is 13.0. The van der Waals surface area contributed by atoms with E-state index in [-0.39, 0.29) is 11.4 Å². The minimum atomic E-state index is -1.09. The summed E-state index contributed by atoms with van der Waals surface area (Å²) in [6.07, 6.45) is -1.09. The minimum Gasteiger partial charge on any atom is -0.396 e. The number of nitro benzene ring substituents is 1. The molecule has 0 radical (unpaired) electrons. The van der Waals surface area contributed by atoms with Crippen LogP contribution in [-0.4, -0.2) is 10.0 Å². The Kier molecular flexibility index (Phi) is 3.43. The Morgan fingerprint density at radius 1 is 1.21 bits per heavy atom. The van der Waals surface area contributed by atoms with Crippen molar-refractivity contribution in [3.05, 3.63) is 69.5 Å². The highest BCUT2D eigenvalue weighted by Gasteiger charge is 2.15. The van der Waals surface area contributed by atoms with Gasteiger partial charge in [0.15, 0.2) is 0 Å². The lowest BCUT2D eigenvalue weighted by Gasteiger charge is -2.12. The number of nitrogens with two attached hydrogens (primary N) is 1. The topological polar surface area (TPSA) is 89.4 Å². The lowest BCUT2D eigenvalue weighted by atomic mass is 10.0. The minimum absolute atomic E-state index is 0.0815. The molecule has 2 aromatic carbocycles. The highest BCUT2D eigenvalue weighted by atomic mass is 19.1. The van der Waals surface area contributed by atoms with Crippen molar-refractivity contribution in [2.45, 2.75) is 6.10 Å². The molecule has 2 aromatic rings. The number of benzene rings is 2. The number of aliphatic hydroxyl groups excluding tert-OH is 1. The number of aliphatic hydroxyl groups is 1. The van der Waals surface area contributed by atoms with Gasteiger partial charge in [-0.2, -0.15) is 0 Å². The monoisotopic (exact) mass is 262 g/mol. The van der Waals surface area contributed by atoms with Gasteiger partial charge in [-0.25, -0.2) is 4.39 Å². The highest BCUT2D eigenvalue weighted by Crippen LogP contribution is 2.26. The van der Waals surface area contributed by atoms with Crippen LogP contribution in [0.5, 0.6) is 0 Å². The van der Waals surface area contributed by atoms with Crippen LogP contribution in [-0.2, 0) is 0 Å². The van der Waals surface area contributed by atoms with Gasteiger partial charge >= 0.3 is 0 Å². The van der Waals surface area contributed by atoms with Crippen LogP contribution in [0, 0.1) is 15.9 Å². The molecule has 98 valence electrons. The fraction of sp³-hybridized carbons (Fsp3) is 0.0769. The lowest BCUT2D eigenvalue weighted by molar-refractivity contribution is -0.385. The van der Waals surface area contributed by atoms with Crippen LogP contribution in [0.1, 0.15) is 17.2 Å². The first-order valence-corrected chi connectivity index (χ1v) is 5.46. The molecule has 1 unspecified atom stereocenters. The second-order valence-electron chi connectivity index (χ2n) is 4.04. The van der Waals surface area contributed by atoms with Crippen LogP contribution in [0.3, 0.4) is 0 Å². The molecule has 3 N–H and O–H groups in total. The van der Waals surface area contributed by atoms with Gasteiger partial charge in [-0.05, 0) is 23.3 Å². The summed E-state index contributed by atoms with van der Waals surface area (Å²) in [5.41, 5.74) is 5.94. The smallest absolute Gasteiger partial charge is 0.269 e. The van der Waals surface area contributed by atoms with Crippen LogP contribution in [0.25, 0.3) is 0 Å². The molecule has 0 saturated carbocycles.